The molecular formula is C32H26N2O4S2. The molecule has 7 atom stereocenters. The summed E-state index contributed by atoms with van der Waals surface area (Å²) in [6, 6.07) is 26.1. The second-order valence-corrected chi connectivity index (χ2v) is 13.4. The first kappa shape index (κ1) is 24.2. The predicted octanol–water partition coefficient (Wildman–Crippen LogP) is 5.79. The van der Waals surface area contributed by atoms with Crippen molar-refractivity contribution >= 4 is 40.6 Å². The zero-order valence-electron chi connectivity index (χ0n) is 21.7. The van der Waals surface area contributed by atoms with Gasteiger partial charge in [0.05, 0.1) is 29.7 Å². The van der Waals surface area contributed by atoms with Gasteiger partial charge in [-0.05, 0) is 65.1 Å². The van der Waals surface area contributed by atoms with Crippen molar-refractivity contribution in [2.45, 2.75) is 22.6 Å². The molecule has 0 unspecified atom stereocenters. The van der Waals surface area contributed by atoms with Crippen LogP contribution in [-0.2, 0) is 9.59 Å². The van der Waals surface area contributed by atoms with Crippen LogP contribution in [0.1, 0.15) is 22.8 Å². The zero-order valence-corrected chi connectivity index (χ0v) is 23.3. The van der Waals surface area contributed by atoms with Gasteiger partial charge in [-0.3, -0.25) is 19.3 Å². The number of carbonyl (C=O) groups is 2. The minimum absolute atomic E-state index is 0.0175. The Morgan fingerprint density at radius 3 is 2.20 bits per heavy atom. The second-order valence-electron chi connectivity index (χ2n) is 11.2. The Bertz CT molecular complexity index is 1700. The fourth-order valence-electron chi connectivity index (χ4n) is 7.89. The molecule has 6 nitrogen and oxygen atoms in total. The van der Waals surface area contributed by atoms with E-state index in [0.717, 1.165) is 27.5 Å². The average molecular weight is 567 g/mol. The van der Waals surface area contributed by atoms with E-state index in [9.17, 15) is 14.4 Å². The SMILES string of the molecule is COc1ccc(N2C(=O)[C@H]3[C@H]4C[C@@H]([C@@H]3C2=O)[C@H]2[C@H](c3ccc(-c5ccccc5)cc3)c3sc(=O)[nH]c3S[C@H]42)cc1. The van der Waals surface area contributed by atoms with Gasteiger partial charge in [0.1, 0.15) is 5.75 Å². The Balaban J connectivity index is 1.18. The number of anilines is 1. The summed E-state index contributed by atoms with van der Waals surface area (Å²) in [4.78, 5) is 45.8. The van der Waals surface area contributed by atoms with Crippen LogP contribution >= 0.6 is 23.1 Å². The molecule has 2 aliphatic heterocycles. The molecule has 2 saturated carbocycles. The highest BCUT2D eigenvalue weighted by molar-refractivity contribution is 8.00. The highest BCUT2D eigenvalue weighted by Gasteiger charge is 2.69. The second kappa shape index (κ2) is 8.94. The van der Waals surface area contributed by atoms with E-state index in [2.05, 4.69) is 41.4 Å². The lowest BCUT2D eigenvalue weighted by molar-refractivity contribution is -0.123. The van der Waals surface area contributed by atoms with Crippen LogP contribution in [0.3, 0.4) is 0 Å². The molecule has 4 aromatic rings. The van der Waals surface area contributed by atoms with E-state index in [4.69, 9.17) is 4.74 Å². The highest BCUT2D eigenvalue weighted by Crippen LogP contribution is 2.68. The van der Waals surface area contributed by atoms with Gasteiger partial charge in [-0.15, -0.1) is 11.8 Å². The molecule has 200 valence electrons. The Labute approximate surface area is 239 Å². The Morgan fingerprint density at radius 2 is 1.50 bits per heavy atom. The molecule has 8 heteroatoms. The first-order valence-corrected chi connectivity index (χ1v) is 15.3. The molecule has 1 aromatic heterocycles. The van der Waals surface area contributed by atoms with Crippen molar-refractivity contribution in [3.8, 4) is 16.9 Å². The molecule has 1 N–H and O–H groups in total. The number of thioether (sulfide) groups is 1. The van der Waals surface area contributed by atoms with Crippen LogP contribution in [-0.4, -0.2) is 29.2 Å². The molecule has 2 aliphatic carbocycles. The van der Waals surface area contributed by atoms with Crippen LogP contribution in [0.2, 0.25) is 0 Å². The monoisotopic (exact) mass is 566 g/mol. The van der Waals surface area contributed by atoms with Crippen molar-refractivity contribution in [3.63, 3.8) is 0 Å². The quantitative estimate of drug-likeness (QED) is 0.317. The van der Waals surface area contributed by atoms with Crippen molar-refractivity contribution in [2.75, 3.05) is 12.0 Å². The minimum Gasteiger partial charge on any atom is -0.497 e. The van der Waals surface area contributed by atoms with Crippen LogP contribution in [0.15, 0.2) is 88.7 Å². The summed E-state index contributed by atoms with van der Waals surface area (Å²) in [5.41, 5.74) is 4.08. The molecule has 1 saturated heterocycles. The van der Waals surface area contributed by atoms with Gasteiger partial charge in [0.2, 0.25) is 11.8 Å². The fraction of sp³-hybridized carbons (Fsp3) is 0.281. The number of ether oxygens (including phenoxy) is 1. The van der Waals surface area contributed by atoms with Gasteiger partial charge in [-0.25, -0.2) is 0 Å². The summed E-state index contributed by atoms with van der Waals surface area (Å²) in [6.45, 7) is 0. The first-order chi connectivity index (χ1) is 19.5. The number of imide groups is 1. The molecule has 0 radical (unpaired) electrons. The van der Waals surface area contributed by atoms with E-state index in [1.165, 1.54) is 21.8 Å². The smallest absolute Gasteiger partial charge is 0.305 e. The van der Waals surface area contributed by atoms with Crippen molar-refractivity contribution in [1.82, 2.24) is 4.98 Å². The number of aromatic amines is 1. The molecule has 3 fully saturated rings. The number of methoxy groups -OCH3 is 1. The Morgan fingerprint density at radius 1 is 0.825 bits per heavy atom. The lowest BCUT2D eigenvalue weighted by Crippen LogP contribution is -2.42. The van der Waals surface area contributed by atoms with Gasteiger partial charge in [0.15, 0.2) is 0 Å². The molecule has 8 rings (SSSR count). The van der Waals surface area contributed by atoms with E-state index in [0.29, 0.717) is 11.4 Å². The Hall–Kier alpha value is -3.62. The zero-order chi connectivity index (χ0) is 27.1. The van der Waals surface area contributed by atoms with Crippen molar-refractivity contribution in [3.05, 3.63) is 99.0 Å². The molecule has 2 amide bonds. The van der Waals surface area contributed by atoms with Crippen LogP contribution in [0.5, 0.6) is 5.75 Å². The molecule has 4 aliphatic rings. The summed E-state index contributed by atoms with van der Waals surface area (Å²) in [5.74, 6) is 0.304. The van der Waals surface area contributed by atoms with Crippen molar-refractivity contribution < 1.29 is 14.3 Å². The number of carbonyl (C=O) groups excluding carboxylic acids is 2. The average Bonchev–Trinajstić information content (AvgIpc) is 3.72. The molecular weight excluding hydrogens is 540 g/mol. The van der Waals surface area contributed by atoms with E-state index in [1.54, 1.807) is 43.1 Å². The normalized spacial score (nSPS) is 29.8. The number of benzene rings is 3. The van der Waals surface area contributed by atoms with E-state index in [1.807, 2.05) is 18.2 Å². The van der Waals surface area contributed by atoms with Crippen LogP contribution in [0.4, 0.5) is 5.69 Å². The van der Waals surface area contributed by atoms with Gasteiger partial charge in [-0.1, -0.05) is 65.9 Å². The van der Waals surface area contributed by atoms with E-state index in [-0.39, 0.29) is 57.4 Å². The highest BCUT2D eigenvalue weighted by atomic mass is 32.2. The summed E-state index contributed by atoms with van der Waals surface area (Å²) >= 11 is 3.01. The summed E-state index contributed by atoms with van der Waals surface area (Å²) in [6.07, 6.45) is 0.878. The predicted molar refractivity (Wildman–Crippen MR) is 156 cm³/mol. The number of fused-ring (bicyclic) bond motifs is 9. The fourth-order valence-corrected chi connectivity index (χ4v) is 10.8. The molecule has 40 heavy (non-hydrogen) atoms. The summed E-state index contributed by atoms with van der Waals surface area (Å²) in [5, 5.41) is 1.11. The lowest BCUT2D eigenvalue weighted by atomic mass is 9.68. The number of amides is 2. The molecule has 3 heterocycles. The van der Waals surface area contributed by atoms with Crippen LogP contribution in [0.25, 0.3) is 11.1 Å². The minimum atomic E-state index is -0.315. The van der Waals surface area contributed by atoms with Crippen molar-refractivity contribution in [2.24, 2.45) is 29.6 Å². The number of thiazole rings is 1. The number of hydrogen-bond donors (Lipinski definition) is 1. The molecule has 2 bridgehead atoms. The van der Waals surface area contributed by atoms with Crippen molar-refractivity contribution in [1.29, 1.82) is 0 Å². The van der Waals surface area contributed by atoms with E-state index >= 15 is 0 Å². The summed E-state index contributed by atoms with van der Waals surface area (Å²) in [7, 11) is 1.60. The van der Waals surface area contributed by atoms with Crippen LogP contribution < -0.4 is 14.5 Å². The van der Waals surface area contributed by atoms with E-state index < -0.39 is 0 Å². The largest absolute Gasteiger partial charge is 0.497 e. The topological polar surface area (TPSA) is 79.5 Å². The Kier molecular flexibility index (Phi) is 5.41. The first-order valence-electron chi connectivity index (χ1n) is 13.6. The number of hydrogen-bond acceptors (Lipinski definition) is 6. The summed E-state index contributed by atoms with van der Waals surface area (Å²) < 4.78 is 5.27. The molecule has 3 aromatic carbocycles. The third kappa shape index (κ3) is 3.38. The lowest BCUT2D eigenvalue weighted by Gasteiger charge is -2.43. The van der Waals surface area contributed by atoms with Gasteiger partial charge >= 0.3 is 4.87 Å². The maximum Gasteiger partial charge on any atom is 0.305 e. The van der Waals surface area contributed by atoms with Gasteiger partial charge in [0.25, 0.3) is 0 Å². The van der Waals surface area contributed by atoms with Gasteiger partial charge in [0, 0.05) is 16.0 Å². The van der Waals surface area contributed by atoms with Crippen LogP contribution in [0, 0.1) is 29.6 Å². The third-order valence-corrected chi connectivity index (χ3v) is 12.0. The number of nitrogens with one attached hydrogen (secondary N) is 1. The number of nitrogens with zero attached hydrogens (tertiary/aromatic N) is 1. The van der Waals surface area contributed by atoms with Gasteiger partial charge in [-0.2, -0.15) is 0 Å². The number of rotatable bonds is 4. The number of aromatic nitrogens is 1. The maximum absolute atomic E-state index is 13.9. The standard InChI is InChI=1S/C32H26N2O4S2/c1-38-20-13-11-19(12-14-20)34-30(35)25-21-15-22(26(25)31(34)36)27-24(21)23(28-29(39-27)33-32(37)40-28)18-9-7-17(8-10-18)16-5-3-2-4-6-16/h2-14,21-27H,15H2,1H3,(H,33,37)/t21-,22-,23+,24+,25+,26+,27-/m1/s1. The maximum atomic E-state index is 13.9. The number of H-pyrrole nitrogens is 1. The third-order valence-electron chi connectivity index (χ3n) is 9.43. The molecule has 0 spiro atoms. The van der Waals surface area contributed by atoms with Gasteiger partial charge < -0.3 is 9.72 Å².